The van der Waals surface area contributed by atoms with Gasteiger partial charge in [-0.3, -0.25) is 4.79 Å². The fraction of sp³-hybridized carbons (Fsp3) is 0.214. The Morgan fingerprint density at radius 1 is 1.39 bits per heavy atom. The first-order valence-corrected chi connectivity index (χ1v) is 5.51. The predicted molar refractivity (Wildman–Crippen MR) is 65.6 cm³/mol. The van der Waals surface area contributed by atoms with Crippen LogP contribution in [0, 0.1) is 0 Å². The predicted octanol–water partition coefficient (Wildman–Crippen LogP) is 2.80. The van der Waals surface area contributed by atoms with Crippen molar-refractivity contribution in [2.45, 2.75) is 12.3 Å². The molecule has 0 heterocycles. The molecule has 0 saturated heterocycles. The fourth-order valence-electron chi connectivity index (χ4n) is 1.78. The van der Waals surface area contributed by atoms with E-state index in [0.717, 1.165) is 6.08 Å². The third kappa shape index (κ3) is 2.33. The highest BCUT2D eigenvalue weighted by Gasteiger charge is 2.35. The van der Waals surface area contributed by atoms with E-state index in [2.05, 4.69) is 4.74 Å². The number of aliphatic hydroxyl groups excluding tert-OH is 1. The Morgan fingerprint density at radius 2 is 2.06 bits per heavy atom. The topological polar surface area (TPSA) is 46.5 Å². The van der Waals surface area contributed by atoms with Crippen LogP contribution >= 0.6 is 0 Å². The standard InChI is InChI=1S/C14H13FO3/c1-18-14(15)8-7-11(12(16)9-14)13(17)10-5-3-2-4-6-10/h2-8,17H,9H2,1H3. The Kier molecular flexibility index (Phi) is 3.30. The molecule has 0 aliphatic heterocycles. The van der Waals surface area contributed by atoms with E-state index in [1.807, 2.05) is 0 Å². The second kappa shape index (κ2) is 4.74. The summed E-state index contributed by atoms with van der Waals surface area (Å²) in [5, 5.41) is 10.0. The van der Waals surface area contributed by atoms with Crippen LogP contribution in [0.4, 0.5) is 4.39 Å². The number of rotatable bonds is 2. The molecule has 1 N–H and O–H groups in total. The fourth-order valence-corrected chi connectivity index (χ4v) is 1.78. The molecular formula is C14H13FO3. The normalized spacial score (nSPS) is 26.2. The van der Waals surface area contributed by atoms with Gasteiger partial charge in [-0.2, -0.15) is 0 Å². The van der Waals surface area contributed by atoms with Crippen molar-refractivity contribution in [3.05, 3.63) is 53.6 Å². The van der Waals surface area contributed by atoms with Crippen molar-refractivity contribution >= 4 is 11.5 Å². The summed E-state index contributed by atoms with van der Waals surface area (Å²) < 4.78 is 18.4. The van der Waals surface area contributed by atoms with Crippen LogP contribution in [0.5, 0.6) is 0 Å². The number of carbonyl (C=O) groups excluding carboxylic acids is 1. The number of alkyl halides is 1. The van der Waals surface area contributed by atoms with Crippen molar-refractivity contribution in [2.24, 2.45) is 0 Å². The highest BCUT2D eigenvalue weighted by Crippen LogP contribution is 2.30. The number of carbonyl (C=O) groups is 1. The molecule has 0 fully saturated rings. The molecule has 0 aromatic heterocycles. The Morgan fingerprint density at radius 3 is 2.61 bits per heavy atom. The molecule has 1 unspecified atom stereocenters. The van der Waals surface area contributed by atoms with Gasteiger partial charge in [0, 0.05) is 12.7 Å². The van der Waals surface area contributed by atoms with Crippen LogP contribution in [0.25, 0.3) is 5.76 Å². The van der Waals surface area contributed by atoms with E-state index >= 15 is 0 Å². The molecule has 94 valence electrons. The minimum absolute atomic E-state index is 0.103. The van der Waals surface area contributed by atoms with Gasteiger partial charge >= 0.3 is 0 Å². The number of hydrogen-bond donors (Lipinski definition) is 1. The molecule has 2 rings (SSSR count). The van der Waals surface area contributed by atoms with Crippen molar-refractivity contribution in [1.29, 1.82) is 0 Å². The molecule has 1 aliphatic carbocycles. The van der Waals surface area contributed by atoms with Gasteiger partial charge in [0.25, 0.3) is 0 Å². The molecule has 0 saturated carbocycles. The molecule has 18 heavy (non-hydrogen) atoms. The number of allylic oxidation sites excluding steroid dienone is 2. The molecule has 3 nitrogen and oxygen atoms in total. The molecule has 1 aromatic carbocycles. The summed E-state index contributed by atoms with van der Waals surface area (Å²) in [6.07, 6.45) is 1.98. The van der Waals surface area contributed by atoms with Crippen LogP contribution in [0.15, 0.2) is 48.1 Å². The monoisotopic (exact) mass is 248 g/mol. The maximum Gasteiger partial charge on any atom is 0.235 e. The van der Waals surface area contributed by atoms with Gasteiger partial charge in [0.15, 0.2) is 5.78 Å². The molecule has 1 aliphatic rings. The maximum atomic E-state index is 13.8. The lowest BCUT2D eigenvalue weighted by Crippen LogP contribution is -2.30. The molecule has 1 aromatic rings. The average molecular weight is 248 g/mol. The highest BCUT2D eigenvalue weighted by atomic mass is 19.2. The number of ketones is 1. The van der Waals surface area contributed by atoms with Crippen LogP contribution in [-0.2, 0) is 9.53 Å². The summed E-state index contributed by atoms with van der Waals surface area (Å²) in [5.74, 6) is -2.70. The molecular weight excluding hydrogens is 235 g/mol. The van der Waals surface area contributed by atoms with Crippen molar-refractivity contribution in [1.82, 2.24) is 0 Å². The number of hydrogen-bond acceptors (Lipinski definition) is 3. The van der Waals surface area contributed by atoms with Crippen LogP contribution < -0.4 is 0 Å². The number of ether oxygens (including phenoxy) is 1. The molecule has 1 atom stereocenters. The first kappa shape index (κ1) is 12.5. The van der Waals surface area contributed by atoms with E-state index in [-0.39, 0.29) is 11.3 Å². The van der Waals surface area contributed by atoms with Crippen LogP contribution in [0.3, 0.4) is 0 Å². The van der Waals surface area contributed by atoms with Crippen molar-refractivity contribution in [3.63, 3.8) is 0 Å². The van der Waals surface area contributed by atoms with E-state index in [0.29, 0.717) is 5.56 Å². The first-order chi connectivity index (χ1) is 8.56. The van der Waals surface area contributed by atoms with Crippen LogP contribution in [-0.4, -0.2) is 23.9 Å². The summed E-state index contributed by atoms with van der Waals surface area (Å²) in [6.45, 7) is 0. The van der Waals surface area contributed by atoms with Gasteiger partial charge in [-0.1, -0.05) is 30.3 Å². The first-order valence-electron chi connectivity index (χ1n) is 5.51. The summed E-state index contributed by atoms with van der Waals surface area (Å²) >= 11 is 0. The second-order valence-corrected chi connectivity index (χ2v) is 4.05. The largest absolute Gasteiger partial charge is 0.507 e. The maximum absolute atomic E-state index is 13.8. The van der Waals surface area contributed by atoms with E-state index in [4.69, 9.17) is 0 Å². The Hall–Kier alpha value is -1.94. The lowest BCUT2D eigenvalue weighted by Gasteiger charge is -2.23. The molecule has 0 radical (unpaired) electrons. The summed E-state index contributed by atoms with van der Waals surface area (Å²) in [6, 6.07) is 8.65. The number of halogens is 1. The third-order valence-electron chi connectivity index (χ3n) is 2.84. The summed E-state index contributed by atoms with van der Waals surface area (Å²) in [7, 11) is 1.20. The van der Waals surface area contributed by atoms with Crippen molar-refractivity contribution in [2.75, 3.05) is 7.11 Å². The van der Waals surface area contributed by atoms with Gasteiger partial charge in [0.2, 0.25) is 5.85 Å². The SMILES string of the molecule is COC1(F)C=CC(=C(O)c2ccccc2)C(=O)C1. The number of methoxy groups -OCH3 is 1. The Bertz CT molecular complexity index is 519. The zero-order valence-corrected chi connectivity index (χ0v) is 9.89. The average Bonchev–Trinajstić information content (AvgIpc) is 2.39. The second-order valence-electron chi connectivity index (χ2n) is 4.05. The zero-order valence-electron chi connectivity index (χ0n) is 9.89. The van der Waals surface area contributed by atoms with E-state index in [9.17, 15) is 14.3 Å². The van der Waals surface area contributed by atoms with Crippen LogP contribution in [0.1, 0.15) is 12.0 Å². The molecule has 0 spiro atoms. The molecule has 0 bridgehead atoms. The van der Waals surface area contributed by atoms with Crippen LogP contribution in [0.2, 0.25) is 0 Å². The van der Waals surface area contributed by atoms with Gasteiger partial charge in [0.1, 0.15) is 5.76 Å². The number of Topliss-reactive ketones (excluding diaryl/α,β-unsaturated/α-hetero) is 1. The number of aliphatic hydroxyl groups is 1. The summed E-state index contributed by atoms with van der Waals surface area (Å²) in [4.78, 5) is 11.8. The minimum Gasteiger partial charge on any atom is -0.507 e. The number of benzene rings is 1. The van der Waals surface area contributed by atoms with Gasteiger partial charge < -0.3 is 9.84 Å². The van der Waals surface area contributed by atoms with Gasteiger partial charge in [-0.25, -0.2) is 4.39 Å². The van der Waals surface area contributed by atoms with E-state index in [1.54, 1.807) is 30.3 Å². The van der Waals surface area contributed by atoms with Gasteiger partial charge in [0.05, 0.1) is 12.0 Å². The van der Waals surface area contributed by atoms with Crippen molar-refractivity contribution < 1.29 is 19.0 Å². The van der Waals surface area contributed by atoms with Gasteiger partial charge in [-0.05, 0) is 12.2 Å². The summed E-state index contributed by atoms with van der Waals surface area (Å²) in [5.41, 5.74) is 0.626. The highest BCUT2D eigenvalue weighted by molar-refractivity contribution is 6.05. The van der Waals surface area contributed by atoms with E-state index in [1.165, 1.54) is 13.2 Å². The smallest absolute Gasteiger partial charge is 0.235 e. The van der Waals surface area contributed by atoms with Gasteiger partial charge in [-0.15, -0.1) is 0 Å². The zero-order chi connectivity index (χ0) is 13.2. The lowest BCUT2D eigenvalue weighted by atomic mass is 9.94. The molecule has 0 amide bonds. The lowest BCUT2D eigenvalue weighted by molar-refractivity contribution is -0.131. The Balaban J connectivity index is 2.41. The molecule has 4 heteroatoms. The van der Waals surface area contributed by atoms with Crippen molar-refractivity contribution in [3.8, 4) is 0 Å². The quantitative estimate of drug-likeness (QED) is 0.646. The minimum atomic E-state index is -2.07. The van der Waals surface area contributed by atoms with E-state index < -0.39 is 18.1 Å². The third-order valence-corrected chi connectivity index (χ3v) is 2.84. The Labute approximate surface area is 104 Å².